The third-order valence-electron chi connectivity index (χ3n) is 4.92. The number of amides is 1. The lowest BCUT2D eigenvalue weighted by atomic mass is 10.0. The summed E-state index contributed by atoms with van der Waals surface area (Å²) in [6.07, 6.45) is 2.04. The lowest BCUT2D eigenvalue weighted by Crippen LogP contribution is -2.43. The molecular weight excluding hydrogens is 398 g/mol. The molecule has 7 heteroatoms. The molecule has 0 saturated carbocycles. The van der Waals surface area contributed by atoms with Crippen LogP contribution in [0.3, 0.4) is 0 Å². The number of aromatic nitrogens is 2. The van der Waals surface area contributed by atoms with Gasteiger partial charge >= 0.3 is 5.97 Å². The number of nitrogens with one attached hydrogen (secondary N) is 2. The Morgan fingerprint density at radius 3 is 2.70 bits per heavy atom. The van der Waals surface area contributed by atoms with Gasteiger partial charge in [0.25, 0.3) is 0 Å². The van der Waals surface area contributed by atoms with Crippen molar-refractivity contribution < 1.29 is 14.7 Å². The van der Waals surface area contributed by atoms with E-state index in [1.165, 1.54) is 16.9 Å². The van der Waals surface area contributed by atoms with E-state index in [-0.39, 0.29) is 18.7 Å². The standard InChI is InChI=1S/C23H21N3O3S/c1-14-6-8-15(9-7-14)22-25-17(13-30-22)11-21(27)26-20(23(28)29)10-16-12-24-19-5-3-2-4-18(16)19/h2-9,12-13,20,24H,10-11H2,1H3,(H,26,27)(H,28,29)/t20-/m0/s1. The molecule has 0 saturated heterocycles. The Bertz CT molecular complexity index is 1190. The minimum atomic E-state index is -1.06. The second-order valence-corrected chi connectivity index (χ2v) is 8.07. The molecule has 30 heavy (non-hydrogen) atoms. The van der Waals surface area contributed by atoms with Crippen LogP contribution in [-0.4, -0.2) is 33.0 Å². The molecule has 0 aliphatic carbocycles. The van der Waals surface area contributed by atoms with Crippen LogP contribution in [-0.2, 0) is 22.4 Å². The highest BCUT2D eigenvalue weighted by Gasteiger charge is 2.22. The van der Waals surface area contributed by atoms with Crippen LogP contribution in [0.1, 0.15) is 16.8 Å². The van der Waals surface area contributed by atoms with Crippen LogP contribution in [0.4, 0.5) is 0 Å². The Labute approximate surface area is 177 Å². The van der Waals surface area contributed by atoms with E-state index in [9.17, 15) is 14.7 Å². The van der Waals surface area contributed by atoms with Crippen molar-refractivity contribution in [2.45, 2.75) is 25.8 Å². The van der Waals surface area contributed by atoms with E-state index in [0.29, 0.717) is 5.69 Å². The lowest BCUT2D eigenvalue weighted by Gasteiger charge is -2.14. The third kappa shape index (κ3) is 4.41. The maximum Gasteiger partial charge on any atom is 0.326 e. The van der Waals surface area contributed by atoms with Crippen molar-refractivity contribution in [3.8, 4) is 10.6 Å². The number of carbonyl (C=O) groups excluding carboxylic acids is 1. The number of thiazole rings is 1. The van der Waals surface area contributed by atoms with Crippen molar-refractivity contribution in [1.29, 1.82) is 0 Å². The fourth-order valence-corrected chi connectivity index (χ4v) is 4.17. The van der Waals surface area contributed by atoms with E-state index in [1.807, 2.05) is 60.8 Å². The van der Waals surface area contributed by atoms with Crippen LogP contribution in [0.2, 0.25) is 0 Å². The van der Waals surface area contributed by atoms with Crippen molar-refractivity contribution in [3.05, 3.63) is 76.9 Å². The number of hydrogen-bond donors (Lipinski definition) is 3. The van der Waals surface area contributed by atoms with E-state index < -0.39 is 12.0 Å². The number of aryl methyl sites for hydroxylation is 1. The number of aliphatic carboxylic acids is 1. The number of hydrogen-bond acceptors (Lipinski definition) is 4. The number of rotatable bonds is 7. The number of benzene rings is 2. The third-order valence-corrected chi connectivity index (χ3v) is 5.86. The molecule has 6 nitrogen and oxygen atoms in total. The zero-order valence-corrected chi connectivity index (χ0v) is 17.2. The van der Waals surface area contributed by atoms with Gasteiger partial charge in [-0.15, -0.1) is 11.3 Å². The Morgan fingerprint density at radius 1 is 1.17 bits per heavy atom. The summed E-state index contributed by atoms with van der Waals surface area (Å²) in [5.41, 5.74) is 4.59. The molecule has 2 heterocycles. The SMILES string of the molecule is Cc1ccc(-c2nc(CC(=O)N[C@@H](Cc3c[nH]c4ccccc34)C(=O)O)cs2)cc1. The number of carboxylic acid groups (broad SMARTS) is 1. The Hall–Kier alpha value is -3.45. The number of aromatic amines is 1. The van der Waals surface area contributed by atoms with Gasteiger partial charge in [0.2, 0.25) is 5.91 Å². The van der Waals surface area contributed by atoms with Gasteiger partial charge in [0, 0.05) is 34.5 Å². The van der Waals surface area contributed by atoms with Crippen LogP contribution in [0.25, 0.3) is 21.5 Å². The first kappa shape index (κ1) is 19.8. The van der Waals surface area contributed by atoms with Crippen LogP contribution >= 0.6 is 11.3 Å². The van der Waals surface area contributed by atoms with Crippen LogP contribution < -0.4 is 5.32 Å². The predicted octanol–water partition coefficient (Wildman–Crippen LogP) is 3.95. The van der Waals surface area contributed by atoms with Gasteiger partial charge in [-0.3, -0.25) is 4.79 Å². The Kier molecular flexibility index (Phi) is 5.63. The minimum Gasteiger partial charge on any atom is -0.480 e. The summed E-state index contributed by atoms with van der Waals surface area (Å²) in [6, 6.07) is 14.7. The smallest absolute Gasteiger partial charge is 0.326 e. The number of carbonyl (C=O) groups is 2. The van der Waals surface area contributed by atoms with Crippen molar-refractivity contribution in [1.82, 2.24) is 15.3 Å². The van der Waals surface area contributed by atoms with Crippen LogP contribution in [0.5, 0.6) is 0 Å². The number of carboxylic acids is 1. The molecule has 2 aromatic carbocycles. The molecule has 0 bridgehead atoms. The summed E-state index contributed by atoms with van der Waals surface area (Å²) in [5, 5.41) is 15.9. The van der Waals surface area contributed by atoms with Gasteiger partial charge in [-0.2, -0.15) is 0 Å². The van der Waals surface area contributed by atoms with Crippen molar-refractivity contribution in [3.63, 3.8) is 0 Å². The summed E-state index contributed by atoms with van der Waals surface area (Å²) in [4.78, 5) is 31.9. The van der Waals surface area contributed by atoms with Crippen LogP contribution in [0, 0.1) is 6.92 Å². The van der Waals surface area contributed by atoms with E-state index in [1.54, 1.807) is 6.20 Å². The molecule has 1 atom stereocenters. The molecule has 3 N–H and O–H groups in total. The van der Waals surface area contributed by atoms with Gasteiger partial charge in [0.1, 0.15) is 11.0 Å². The monoisotopic (exact) mass is 419 g/mol. The van der Waals surface area contributed by atoms with Crippen molar-refractivity contribution in [2.75, 3.05) is 0 Å². The van der Waals surface area contributed by atoms with Crippen LogP contribution in [0.15, 0.2) is 60.1 Å². The van der Waals surface area contributed by atoms with Gasteiger partial charge in [-0.25, -0.2) is 9.78 Å². The molecule has 152 valence electrons. The number of fused-ring (bicyclic) bond motifs is 1. The fourth-order valence-electron chi connectivity index (χ4n) is 3.35. The quantitative estimate of drug-likeness (QED) is 0.423. The van der Waals surface area contributed by atoms with Gasteiger partial charge in [0.05, 0.1) is 12.1 Å². The predicted molar refractivity (Wildman–Crippen MR) is 118 cm³/mol. The first-order valence-electron chi connectivity index (χ1n) is 9.58. The average Bonchev–Trinajstić information content (AvgIpc) is 3.35. The molecule has 2 aromatic heterocycles. The Morgan fingerprint density at radius 2 is 1.93 bits per heavy atom. The maximum absolute atomic E-state index is 12.5. The molecule has 0 aliphatic rings. The highest BCUT2D eigenvalue weighted by molar-refractivity contribution is 7.13. The van der Waals surface area contributed by atoms with Gasteiger partial charge in [0.15, 0.2) is 0 Å². The highest BCUT2D eigenvalue weighted by atomic mass is 32.1. The topological polar surface area (TPSA) is 95.1 Å². The zero-order valence-electron chi connectivity index (χ0n) is 16.4. The minimum absolute atomic E-state index is 0.0417. The first-order valence-corrected chi connectivity index (χ1v) is 10.5. The van der Waals surface area contributed by atoms with E-state index in [2.05, 4.69) is 15.3 Å². The van der Waals surface area contributed by atoms with E-state index >= 15 is 0 Å². The number of para-hydroxylation sites is 1. The zero-order chi connectivity index (χ0) is 21.1. The van der Waals surface area contributed by atoms with Crippen molar-refractivity contribution in [2.24, 2.45) is 0 Å². The molecule has 4 aromatic rings. The lowest BCUT2D eigenvalue weighted by molar-refractivity contribution is -0.141. The largest absolute Gasteiger partial charge is 0.480 e. The molecular formula is C23H21N3O3S. The normalized spacial score (nSPS) is 12.0. The van der Waals surface area contributed by atoms with Gasteiger partial charge in [-0.05, 0) is 18.6 Å². The highest BCUT2D eigenvalue weighted by Crippen LogP contribution is 2.24. The number of H-pyrrole nitrogens is 1. The molecule has 4 rings (SSSR count). The second kappa shape index (κ2) is 8.51. The summed E-state index contributed by atoms with van der Waals surface area (Å²) in [7, 11) is 0. The Balaban J connectivity index is 1.42. The molecule has 1 amide bonds. The first-order chi connectivity index (χ1) is 14.5. The molecule has 0 unspecified atom stereocenters. The van der Waals surface area contributed by atoms with Crippen molar-refractivity contribution >= 4 is 34.1 Å². The summed E-state index contributed by atoms with van der Waals surface area (Å²) >= 11 is 1.47. The number of nitrogens with zero attached hydrogens (tertiary/aromatic N) is 1. The van der Waals surface area contributed by atoms with E-state index in [0.717, 1.165) is 27.0 Å². The van der Waals surface area contributed by atoms with Gasteiger partial charge < -0.3 is 15.4 Å². The maximum atomic E-state index is 12.5. The van der Waals surface area contributed by atoms with E-state index in [4.69, 9.17) is 0 Å². The summed E-state index contributed by atoms with van der Waals surface area (Å²) < 4.78 is 0. The van der Waals surface area contributed by atoms with Gasteiger partial charge in [-0.1, -0.05) is 48.0 Å². The summed E-state index contributed by atoms with van der Waals surface area (Å²) in [6.45, 7) is 2.02. The molecule has 0 aliphatic heterocycles. The molecule has 0 radical (unpaired) electrons. The second-order valence-electron chi connectivity index (χ2n) is 7.21. The average molecular weight is 420 g/mol. The summed E-state index contributed by atoms with van der Waals surface area (Å²) in [5.74, 6) is -1.42. The fraction of sp³-hybridized carbons (Fsp3) is 0.174. The molecule has 0 fully saturated rings. The molecule has 0 spiro atoms.